The fourth-order valence-corrected chi connectivity index (χ4v) is 4.42. The highest BCUT2D eigenvalue weighted by atomic mass is 32.1. The van der Waals surface area contributed by atoms with E-state index in [1.165, 1.54) is 21.9 Å². The number of hydrogen-bond acceptors (Lipinski definition) is 4. The van der Waals surface area contributed by atoms with Gasteiger partial charge in [-0.15, -0.1) is 11.3 Å². The molecule has 0 N–H and O–H groups in total. The van der Waals surface area contributed by atoms with E-state index in [1.54, 1.807) is 31.3 Å². The Morgan fingerprint density at radius 1 is 1.18 bits per heavy atom. The molecular weight excluding hydrogens is 370 g/mol. The number of aryl methyl sites for hydroxylation is 2. The molecule has 3 aromatic rings. The highest BCUT2D eigenvalue weighted by Crippen LogP contribution is 2.31. The topological polar surface area (TPSA) is 55.2 Å². The maximum atomic E-state index is 13.5. The van der Waals surface area contributed by atoms with Gasteiger partial charge in [-0.3, -0.25) is 9.59 Å². The van der Waals surface area contributed by atoms with Crippen LogP contribution in [0.15, 0.2) is 52.6 Å². The lowest BCUT2D eigenvalue weighted by atomic mass is 9.96. The first-order valence-electron chi connectivity index (χ1n) is 9.44. The highest BCUT2D eigenvalue weighted by molar-refractivity contribution is 7.13. The smallest absolute Gasteiger partial charge is 0.267 e. The van der Waals surface area contributed by atoms with Crippen molar-refractivity contribution in [3.8, 4) is 10.6 Å². The summed E-state index contributed by atoms with van der Waals surface area (Å²) in [4.78, 5) is 28.9. The first-order valence-corrected chi connectivity index (χ1v) is 10.3. The van der Waals surface area contributed by atoms with Gasteiger partial charge in [0.15, 0.2) is 0 Å². The van der Waals surface area contributed by atoms with Gasteiger partial charge in [0.2, 0.25) is 0 Å². The molecule has 6 heteroatoms. The summed E-state index contributed by atoms with van der Waals surface area (Å²) in [6, 6.07) is 13.3. The van der Waals surface area contributed by atoms with Gasteiger partial charge in [0.1, 0.15) is 11.2 Å². The standard InChI is InChI=1S/C22H23N3O2S/c1-15-8-10-18-16(14-15)6-4-12-24(18)21(27)22(2,3)25-20(26)11-9-17(23-25)19-7-5-13-28-19/h5,7-11,13-14H,4,6,12H2,1-3H3. The Morgan fingerprint density at radius 3 is 2.75 bits per heavy atom. The van der Waals surface area contributed by atoms with E-state index < -0.39 is 5.54 Å². The van der Waals surface area contributed by atoms with E-state index >= 15 is 0 Å². The molecule has 28 heavy (non-hydrogen) atoms. The summed E-state index contributed by atoms with van der Waals surface area (Å²) in [7, 11) is 0. The molecule has 1 amide bonds. The molecule has 0 saturated heterocycles. The maximum Gasteiger partial charge on any atom is 0.267 e. The van der Waals surface area contributed by atoms with Crippen LogP contribution in [-0.2, 0) is 16.8 Å². The van der Waals surface area contributed by atoms with Crippen molar-refractivity contribution in [1.82, 2.24) is 9.78 Å². The van der Waals surface area contributed by atoms with Crippen molar-refractivity contribution in [3.63, 3.8) is 0 Å². The molecule has 0 spiro atoms. The number of benzene rings is 1. The quantitative estimate of drug-likeness (QED) is 0.676. The van der Waals surface area contributed by atoms with Gasteiger partial charge in [0.25, 0.3) is 11.5 Å². The Labute approximate surface area is 168 Å². The predicted molar refractivity (Wildman–Crippen MR) is 113 cm³/mol. The number of thiophene rings is 1. The summed E-state index contributed by atoms with van der Waals surface area (Å²) in [5, 5.41) is 6.51. The van der Waals surface area contributed by atoms with Crippen LogP contribution in [0.5, 0.6) is 0 Å². The SMILES string of the molecule is Cc1ccc2c(c1)CCCN2C(=O)C(C)(C)n1nc(-c2cccs2)ccc1=O. The monoisotopic (exact) mass is 393 g/mol. The molecule has 0 unspecified atom stereocenters. The normalized spacial score (nSPS) is 14.0. The molecule has 144 valence electrons. The second-order valence-electron chi connectivity index (χ2n) is 7.70. The maximum absolute atomic E-state index is 13.5. The van der Waals surface area contributed by atoms with Crippen molar-refractivity contribution < 1.29 is 4.79 Å². The van der Waals surface area contributed by atoms with Gasteiger partial charge in [0, 0.05) is 18.3 Å². The Balaban J connectivity index is 1.74. The average Bonchev–Trinajstić information content (AvgIpc) is 3.21. The second-order valence-corrected chi connectivity index (χ2v) is 8.65. The van der Waals surface area contributed by atoms with E-state index in [1.807, 2.05) is 34.5 Å². The molecule has 1 aliphatic rings. The zero-order valence-corrected chi connectivity index (χ0v) is 17.1. The molecule has 1 aliphatic heterocycles. The Kier molecular flexibility index (Phi) is 4.67. The van der Waals surface area contributed by atoms with E-state index in [2.05, 4.69) is 18.1 Å². The van der Waals surface area contributed by atoms with Gasteiger partial charge < -0.3 is 4.90 Å². The number of aromatic nitrogens is 2. The van der Waals surface area contributed by atoms with Crippen molar-refractivity contribution in [2.45, 2.75) is 39.2 Å². The fraction of sp³-hybridized carbons (Fsp3) is 0.318. The largest absolute Gasteiger partial charge is 0.310 e. The lowest BCUT2D eigenvalue weighted by Crippen LogP contribution is -2.52. The minimum absolute atomic E-state index is 0.116. The van der Waals surface area contributed by atoms with Crippen LogP contribution < -0.4 is 10.5 Å². The summed E-state index contributed by atoms with van der Waals surface area (Å²) in [6.07, 6.45) is 1.88. The van der Waals surface area contributed by atoms with E-state index in [4.69, 9.17) is 0 Å². The third-order valence-electron chi connectivity index (χ3n) is 5.23. The van der Waals surface area contributed by atoms with Crippen molar-refractivity contribution in [1.29, 1.82) is 0 Å². The number of carbonyl (C=O) groups is 1. The van der Waals surface area contributed by atoms with Crippen LogP contribution in [0.2, 0.25) is 0 Å². The number of amides is 1. The molecule has 3 heterocycles. The average molecular weight is 394 g/mol. The lowest BCUT2D eigenvalue weighted by molar-refractivity contribution is -0.126. The minimum atomic E-state index is -1.09. The van der Waals surface area contributed by atoms with Crippen LogP contribution in [-0.4, -0.2) is 22.2 Å². The highest BCUT2D eigenvalue weighted by Gasteiger charge is 2.38. The third kappa shape index (κ3) is 3.18. The van der Waals surface area contributed by atoms with Crippen LogP contribution in [0.4, 0.5) is 5.69 Å². The van der Waals surface area contributed by atoms with Crippen molar-refractivity contribution >= 4 is 22.9 Å². The van der Waals surface area contributed by atoms with Crippen LogP contribution in [0.1, 0.15) is 31.4 Å². The predicted octanol–water partition coefficient (Wildman–Crippen LogP) is 3.99. The zero-order chi connectivity index (χ0) is 19.9. The van der Waals surface area contributed by atoms with Crippen LogP contribution in [0, 0.1) is 6.92 Å². The zero-order valence-electron chi connectivity index (χ0n) is 16.3. The molecule has 5 nitrogen and oxygen atoms in total. The molecule has 0 atom stereocenters. The van der Waals surface area contributed by atoms with Crippen molar-refractivity contribution in [2.24, 2.45) is 0 Å². The number of anilines is 1. The Hall–Kier alpha value is -2.73. The van der Waals surface area contributed by atoms with Gasteiger partial charge in [0.05, 0.1) is 4.88 Å². The molecule has 0 saturated carbocycles. The van der Waals surface area contributed by atoms with Crippen LogP contribution in [0.3, 0.4) is 0 Å². The molecule has 0 radical (unpaired) electrons. The number of carbonyl (C=O) groups excluding carboxylic acids is 1. The van der Waals surface area contributed by atoms with E-state index in [0.717, 1.165) is 23.4 Å². The van der Waals surface area contributed by atoms with Crippen LogP contribution >= 0.6 is 11.3 Å². The minimum Gasteiger partial charge on any atom is -0.310 e. The Bertz CT molecular complexity index is 1080. The lowest BCUT2D eigenvalue weighted by Gasteiger charge is -2.36. The molecule has 0 bridgehead atoms. The number of fused-ring (bicyclic) bond motifs is 1. The number of hydrogen-bond donors (Lipinski definition) is 0. The summed E-state index contributed by atoms with van der Waals surface area (Å²) >= 11 is 1.56. The van der Waals surface area contributed by atoms with Crippen LogP contribution in [0.25, 0.3) is 10.6 Å². The number of nitrogens with zero attached hydrogens (tertiary/aromatic N) is 3. The molecular formula is C22H23N3O2S. The van der Waals surface area contributed by atoms with E-state index in [9.17, 15) is 9.59 Å². The first-order chi connectivity index (χ1) is 13.4. The van der Waals surface area contributed by atoms with Gasteiger partial charge in [-0.1, -0.05) is 23.8 Å². The van der Waals surface area contributed by atoms with Crippen molar-refractivity contribution in [3.05, 3.63) is 69.3 Å². The molecule has 1 aromatic carbocycles. The summed E-state index contributed by atoms with van der Waals surface area (Å²) in [6.45, 7) is 6.25. The van der Waals surface area contributed by atoms with E-state index in [0.29, 0.717) is 12.2 Å². The summed E-state index contributed by atoms with van der Waals surface area (Å²) in [5.41, 5.74) is 2.64. The van der Waals surface area contributed by atoms with Gasteiger partial charge >= 0.3 is 0 Å². The van der Waals surface area contributed by atoms with E-state index in [-0.39, 0.29) is 11.5 Å². The summed E-state index contributed by atoms with van der Waals surface area (Å²) in [5.74, 6) is -0.116. The summed E-state index contributed by atoms with van der Waals surface area (Å²) < 4.78 is 1.33. The molecule has 4 rings (SSSR count). The number of rotatable bonds is 3. The molecule has 2 aromatic heterocycles. The Morgan fingerprint density at radius 2 is 2.00 bits per heavy atom. The second kappa shape index (κ2) is 7.02. The molecule has 0 aliphatic carbocycles. The molecule has 0 fully saturated rings. The first kappa shape index (κ1) is 18.6. The van der Waals surface area contributed by atoms with Crippen molar-refractivity contribution in [2.75, 3.05) is 11.4 Å². The van der Waals surface area contributed by atoms with Gasteiger partial charge in [-0.05, 0) is 62.8 Å². The fourth-order valence-electron chi connectivity index (χ4n) is 3.73. The third-order valence-corrected chi connectivity index (χ3v) is 6.12. The van der Waals surface area contributed by atoms with Gasteiger partial charge in [-0.25, -0.2) is 4.68 Å². The van der Waals surface area contributed by atoms with Gasteiger partial charge in [-0.2, -0.15) is 5.10 Å².